The molecule has 2 saturated heterocycles. The minimum atomic E-state index is -0.337. The van der Waals surface area contributed by atoms with Gasteiger partial charge in [-0.2, -0.15) is 0 Å². The van der Waals surface area contributed by atoms with E-state index in [2.05, 4.69) is 26.7 Å². The molecule has 0 bridgehead atoms. The van der Waals surface area contributed by atoms with Crippen LogP contribution in [-0.2, 0) is 4.74 Å². The fourth-order valence-electron chi connectivity index (χ4n) is 3.14. The summed E-state index contributed by atoms with van der Waals surface area (Å²) in [5.74, 6) is 1.97. The molecular weight excluding hydrogens is 318 g/mol. The lowest BCUT2D eigenvalue weighted by molar-refractivity contribution is 0.0526. The summed E-state index contributed by atoms with van der Waals surface area (Å²) >= 11 is 0. The number of aliphatic imine (C=N–C) groups is 1. The van der Waals surface area contributed by atoms with Crippen molar-refractivity contribution in [2.24, 2.45) is 16.6 Å². The predicted octanol–water partition coefficient (Wildman–Crippen LogP) is 1.49. The first kappa shape index (κ1) is 17.5. The number of aromatic nitrogens is 1. The standard InChI is InChI=1S/C18H27N5O2/c1-3-25-17(24)14-4-5-16(20-10-14)23-11-15(12-23)21-18(19)22-8-6-13(2)7-9-22/h4-5,10,13,15H,3,6-9,11-12H2,1-2H3,(H2,19,21). The highest BCUT2D eigenvalue weighted by Gasteiger charge is 2.28. The summed E-state index contributed by atoms with van der Waals surface area (Å²) in [7, 11) is 0. The maximum atomic E-state index is 11.6. The van der Waals surface area contributed by atoms with Gasteiger partial charge in [-0.25, -0.2) is 14.8 Å². The molecule has 2 aliphatic rings. The zero-order valence-electron chi connectivity index (χ0n) is 15.0. The van der Waals surface area contributed by atoms with Crippen LogP contribution in [0.3, 0.4) is 0 Å². The van der Waals surface area contributed by atoms with Gasteiger partial charge < -0.3 is 20.3 Å². The SMILES string of the molecule is CCOC(=O)c1ccc(N2CC(N=C(N)N3CCC(C)CC3)C2)nc1. The third-order valence-corrected chi connectivity index (χ3v) is 4.87. The van der Waals surface area contributed by atoms with Crippen LogP contribution in [0.25, 0.3) is 0 Å². The van der Waals surface area contributed by atoms with Gasteiger partial charge in [-0.3, -0.25) is 0 Å². The maximum Gasteiger partial charge on any atom is 0.339 e. The third-order valence-electron chi connectivity index (χ3n) is 4.87. The zero-order chi connectivity index (χ0) is 17.8. The third kappa shape index (κ3) is 4.21. The number of esters is 1. The Morgan fingerprint density at radius 2 is 2.08 bits per heavy atom. The summed E-state index contributed by atoms with van der Waals surface area (Å²) in [6.45, 7) is 8.05. The molecule has 0 amide bonds. The Balaban J connectivity index is 1.50. The topological polar surface area (TPSA) is 84.0 Å². The van der Waals surface area contributed by atoms with E-state index in [1.54, 1.807) is 19.2 Å². The van der Waals surface area contributed by atoms with Gasteiger partial charge in [-0.05, 0) is 37.8 Å². The number of guanidine groups is 1. The van der Waals surface area contributed by atoms with Crippen molar-refractivity contribution < 1.29 is 9.53 Å². The maximum absolute atomic E-state index is 11.6. The lowest BCUT2D eigenvalue weighted by atomic mass is 9.99. The molecule has 0 aliphatic carbocycles. The van der Waals surface area contributed by atoms with Gasteiger partial charge in [-0.15, -0.1) is 0 Å². The zero-order valence-corrected chi connectivity index (χ0v) is 15.0. The van der Waals surface area contributed by atoms with Crippen LogP contribution in [0.5, 0.6) is 0 Å². The molecule has 0 unspecified atom stereocenters. The van der Waals surface area contributed by atoms with Gasteiger partial charge >= 0.3 is 5.97 Å². The van der Waals surface area contributed by atoms with Crippen LogP contribution in [0, 0.1) is 5.92 Å². The van der Waals surface area contributed by atoms with E-state index in [9.17, 15) is 4.79 Å². The number of nitrogens with zero attached hydrogens (tertiary/aromatic N) is 4. The highest BCUT2D eigenvalue weighted by Crippen LogP contribution is 2.21. The Hall–Kier alpha value is -2.31. The van der Waals surface area contributed by atoms with Gasteiger partial charge in [0.1, 0.15) is 5.82 Å². The first-order chi connectivity index (χ1) is 12.1. The van der Waals surface area contributed by atoms with E-state index in [4.69, 9.17) is 10.5 Å². The van der Waals surface area contributed by atoms with Crippen molar-refractivity contribution in [1.82, 2.24) is 9.88 Å². The van der Waals surface area contributed by atoms with Gasteiger partial charge in [0.25, 0.3) is 0 Å². The van der Waals surface area contributed by atoms with Gasteiger partial charge in [0, 0.05) is 32.4 Å². The van der Waals surface area contributed by atoms with Crippen molar-refractivity contribution in [3.05, 3.63) is 23.9 Å². The van der Waals surface area contributed by atoms with Crippen molar-refractivity contribution in [3.8, 4) is 0 Å². The largest absolute Gasteiger partial charge is 0.462 e. The number of carbonyl (C=O) groups is 1. The first-order valence-corrected chi connectivity index (χ1v) is 9.03. The van der Waals surface area contributed by atoms with Crippen LogP contribution < -0.4 is 10.6 Å². The summed E-state index contributed by atoms with van der Waals surface area (Å²) in [4.78, 5) is 25.0. The molecule has 2 N–H and O–H groups in total. The Morgan fingerprint density at radius 3 is 2.68 bits per heavy atom. The quantitative estimate of drug-likeness (QED) is 0.506. The molecule has 136 valence electrons. The normalized spacial score (nSPS) is 19.7. The highest BCUT2D eigenvalue weighted by molar-refractivity contribution is 5.89. The average molecular weight is 345 g/mol. The molecule has 7 heteroatoms. The van der Waals surface area contributed by atoms with E-state index in [0.717, 1.165) is 37.9 Å². The molecule has 0 radical (unpaired) electrons. The number of carbonyl (C=O) groups excluding carboxylic acids is 1. The van der Waals surface area contributed by atoms with Crippen molar-refractivity contribution >= 4 is 17.7 Å². The van der Waals surface area contributed by atoms with Crippen molar-refractivity contribution in [2.45, 2.75) is 32.7 Å². The second kappa shape index (κ2) is 7.72. The molecule has 1 aromatic heterocycles. The van der Waals surface area contributed by atoms with Crippen LogP contribution in [0.4, 0.5) is 5.82 Å². The van der Waals surface area contributed by atoms with Crippen molar-refractivity contribution in [2.75, 3.05) is 37.7 Å². The molecule has 3 rings (SSSR count). The number of ether oxygens (including phenoxy) is 1. The number of pyridine rings is 1. The minimum absolute atomic E-state index is 0.214. The molecule has 7 nitrogen and oxygen atoms in total. The second-order valence-electron chi connectivity index (χ2n) is 6.84. The Labute approximate surface area is 148 Å². The number of hydrogen-bond donors (Lipinski definition) is 1. The van der Waals surface area contributed by atoms with Gasteiger partial charge in [0.15, 0.2) is 5.96 Å². The number of rotatable bonds is 4. The van der Waals surface area contributed by atoms with Gasteiger partial charge in [0.2, 0.25) is 0 Å². The summed E-state index contributed by atoms with van der Waals surface area (Å²) in [5.41, 5.74) is 6.64. The smallest absolute Gasteiger partial charge is 0.339 e. The van der Waals surface area contributed by atoms with Crippen LogP contribution >= 0.6 is 0 Å². The van der Waals surface area contributed by atoms with E-state index in [0.29, 0.717) is 18.1 Å². The Kier molecular flexibility index (Phi) is 5.40. The molecule has 2 fully saturated rings. The fourth-order valence-corrected chi connectivity index (χ4v) is 3.14. The number of nitrogens with two attached hydrogens (primary N) is 1. The summed E-state index contributed by atoms with van der Waals surface area (Å²) in [6, 6.07) is 3.81. The molecule has 0 spiro atoms. The van der Waals surface area contributed by atoms with E-state index >= 15 is 0 Å². The lowest BCUT2D eigenvalue weighted by Gasteiger charge is -2.39. The molecule has 0 atom stereocenters. The van der Waals surface area contributed by atoms with Crippen LogP contribution in [0.1, 0.15) is 37.0 Å². The molecule has 0 saturated carbocycles. The van der Waals surface area contributed by atoms with E-state index < -0.39 is 0 Å². The molecule has 3 heterocycles. The Bertz CT molecular complexity index is 617. The van der Waals surface area contributed by atoms with Crippen molar-refractivity contribution in [1.29, 1.82) is 0 Å². The predicted molar refractivity (Wildman–Crippen MR) is 97.8 cm³/mol. The number of likely N-dealkylation sites (tertiary alicyclic amines) is 1. The second-order valence-corrected chi connectivity index (χ2v) is 6.84. The minimum Gasteiger partial charge on any atom is -0.462 e. The number of hydrogen-bond acceptors (Lipinski definition) is 5. The van der Waals surface area contributed by atoms with E-state index in [-0.39, 0.29) is 12.0 Å². The summed E-state index contributed by atoms with van der Waals surface area (Å²) < 4.78 is 4.96. The van der Waals surface area contributed by atoms with Gasteiger partial charge in [0.05, 0.1) is 18.2 Å². The molecule has 25 heavy (non-hydrogen) atoms. The summed E-state index contributed by atoms with van der Waals surface area (Å²) in [6.07, 6.45) is 3.93. The molecular formula is C18H27N5O2. The van der Waals surface area contributed by atoms with Crippen LogP contribution in [-0.4, -0.2) is 60.6 Å². The first-order valence-electron chi connectivity index (χ1n) is 9.03. The van der Waals surface area contributed by atoms with E-state index in [1.807, 2.05) is 6.07 Å². The van der Waals surface area contributed by atoms with Gasteiger partial charge in [-0.1, -0.05) is 6.92 Å². The monoisotopic (exact) mass is 345 g/mol. The average Bonchev–Trinajstić information content (AvgIpc) is 2.58. The molecule has 0 aromatic carbocycles. The highest BCUT2D eigenvalue weighted by atomic mass is 16.5. The molecule has 2 aliphatic heterocycles. The number of piperidine rings is 1. The van der Waals surface area contributed by atoms with E-state index in [1.165, 1.54) is 12.8 Å². The number of anilines is 1. The summed E-state index contributed by atoms with van der Waals surface area (Å²) in [5, 5.41) is 0. The van der Waals surface area contributed by atoms with Crippen LogP contribution in [0.2, 0.25) is 0 Å². The van der Waals surface area contributed by atoms with Crippen LogP contribution in [0.15, 0.2) is 23.3 Å². The lowest BCUT2D eigenvalue weighted by Crippen LogP contribution is -2.52. The fraction of sp³-hybridized carbons (Fsp3) is 0.611. The molecule has 1 aromatic rings. The Morgan fingerprint density at radius 1 is 1.36 bits per heavy atom. The van der Waals surface area contributed by atoms with Crippen molar-refractivity contribution in [3.63, 3.8) is 0 Å².